The molecule has 1 heteroatoms. The number of hydrogen-bond acceptors (Lipinski definition) is 0. The van der Waals surface area contributed by atoms with Crippen LogP contribution in [0.4, 0.5) is 0 Å². The highest BCUT2D eigenvalue weighted by molar-refractivity contribution is 6.09. The zero-order chi connectivity index (χ0) is 14.9. The molecule has 3 aromatic carbocycles. The van der Waals surface area contributed by atoms with Gasteiger partial charge in [0.1, 0.15) is 0 Å². The molecule has 0 bridgehead atoms. The second-order valence-electron chi connectivity index (χ2n) is 5.46. The Morgan fingerprint density at radius 3 is 2.27 bits per heavy atom. The van der Waals surface area contributed by atoms with Crippen molar-refractivity contribution in [3.8, 4) is 5.69 Å². The average molecular weight is 283 g/mol. The zero-order valence-electron chi connectivity index (χ0n) is 12.5. The molecule has 0 saturated carbocycles. The topological polar surface area (TPSA) is 4.93 Å². The summed E-state index contributed by atoms with van der Waals surface area (Å²) in [6.45, 7) is 2.05. The van der Waals surface area contributed by atoms with Gasteiger partial charge in [0.05, 0.1) is 11.0 Å². The smallest absolute Gasteiger partial charge is 0.0541 e. The van der Waals surface area contributed by atoms with Gasteiger partial charge >= 0.3 is 0 Å². The van der Waals surface area contributed by atoms with Gasteiger partial charge in [0.25, 0.3) is 0 Å². The number of fused-ring (bicyclic) bond motifs is 3. The maximum Gasteiger partial charge on any atom is 0.0541 e. The van der Waals surface area contributed by atoms with Gasteiger partial charge in [0.2, 0.25) is 0 Å². The molecule has 0 aliphatic rings. The SMILES string of the molecule is C/C=C/c1ccc2c(c1)c1ccccc1n2-c1ccccc1. The number of rotatable bonds is 2. The van der Waals surface area contributed by atoms with Crippen LogP contribution in [-0.2, 0) is 0 Å². The predicted octanol–water partition coefficient (Wildman–Crippen LogP) is 5.82. The Balaban J connectivity index is 2.14. The summed E-state index contributed by atoms with van der Waals surface area (Å²) in [5, 5.41) is 2.60. The van der Waals surface area contributed by atoms with E-state index in [4.69, 9.17) is 0 Å². The Labute approximate surface area is 130 Å². The van der Waals surface area contributed by atoms with E-state index in [2.05, 4.69) is 96.4 Å². The lowest BCUT2D eigenvalue weighted by molar-refractivity contribution is 1.18. The summed E-state index contributed by atoms with van der Waals surface area (Å²) in [5.74, 6) is 0. The maximum atomic E-state index is 2.34. The molecule has 22 heavy (non-hydrogen) atoms. The molecule has 0 aliphatic heterocycles. The average Bonchev–Trinajstić information content (AvgIpc) is 2.90. The second-order valence-corrected chi connectivity index (χ2v) is 5.46. The number of aromatic nitrogens is 1. The molecule has 0 spiro atoms. The van der Waals surface area contributed by atoms with Gasteiger partial charge in [-0.25, -0.2) is 0 Å². The zero-order valence-corrected chi connectivity index (χ0v) is 12.5. The standard InChI is InChI=1S/C21H17N/c1-2-8-16-13-14-21-19(15-16)18-11-6-7-12-20(18)22(21)17-9-4-3-5-10-17/h2-15H,1H3/b8-2+. The predicted molar refractivity (Wildman–Crippen MR) is 95.5 cm³/mol. The van der Waals surface area contributed by atoms with Gasteiger partial charge in [-0.05, 0) is 42.8 Å². The molecule has 1 aromatic heterocycles. The van der Waals surface area contributed by atoms with E-state index < -0.39 is 0 Å². The highest BCUT2D eigenvalue weighted by Gasteiger charge is 2.11. The van der Waals surface area contributed by atoms with Crippen LogP contribution >= 0.6 is 0 Å². The van der Waals surface area contributed by atoms with Crippen molar-refractivity contribution in [2.75, 3.05) is 0 Å². The van der Waals surface area contributed by atoms with Gasteiger partial charge in [-0.2, -0.15) is 0 Å². The highest BCUT2D eigenvalue weighted by atomic mass is 15.0. The molecule has 0 radical (unpaired) electrons. The minimum Gasteiger partial charge on any atom is -0.309 e. The molecule has 0 aliphatic carbocycles. The van der Waals surface area contributed by atoms with Crippen LogP contribution in [0.25, 0.3) is 33.6 Å². The quantitative estimate of drug-likeness (QED) is 0.437. The van der Waals surface area contributed by atoms with Crippen LogP contribution in [0.2, 0.25) is 0 Å². The van der Waals surface area contributed by atoms with Gasteiger partial charge in [-0.3, -0.25) is 0 Å². The lowest BCUT2D eigenvalue weighted by atomic mass is 10.1. The van der Waals surface area contributed by atoms with E-state index in [-0.39, 0.29) is 0 Å². The van der Waals surface area contributed by atoms with Crippen LogP contribution in [0.5, 0.6) is 0 Å². The van der Waals surface area contributed by atoms with Crippen LogP contribution in [-0.4, -0.2) is 4.57 Å². The summed E-state index contributed by atoms with van der Waals surface area (Å²) < 4.78 is 2.34. The normalized spacial score (nSPS) is 11.7. The fraction of sp³-hybridized carbons (Fsp3) is 0.0476. The van der Waals surface area contributed by atoms with Crippen LogP contribution in [0.3, 0.4) is 0 Å². The van der Waals surface area contributed by atoms with Crippen LogP contribution in [0, 0.1) is 0 Å². The molecule has 0 unspecified atom stereocenters. The monoisotopic (exact) mass is 283 g/mol. The van der Waals surface area contributed by atoms with Gasteiger partial charge in [-0.1, -0.05) is 54.6 Å². The maximum absolute atomic E-state index is 2.34. The lowest BCUT2D eigenvalue weighted by Gasteiger charge is -2.07. The first-order valence-electron chi connectivity index (χ1n) is 7.60. The molecule has 0 amide bonds. The third-order valence-corrected chi connectivity index (χ3v) is 4.07. The van der Waals surface area contributed by atoms with E-state index in [9.17, 15) is 0 Å². The van der Waals surface area contributed by atoms with Crippen molar-refractivity contribution in [3.05, 3.63) is 84.4 Å². The fourth-order valence-corrected chi connectivity index (χ4v) is 3.14. The summed E-state index contributed by atoms with van der Waals surface area (Å²) in [6, 6.07) is 25.8. The summed E-state index contributed by atoms with van der Waals surface area (Å²) in [5.41, 5.74) is 4.94. The van der Waals surface area contributed by atoms with E-state index in [1.165, 1.54) is 33.1 Å². The highest BCUT2D eigenvalue weighted by Crippen LogP contribution is 2.32. The molecule has 106 valence electrons. The van der Waals surface area contributed by atoms with Crippen molar-refractivity contribution in [1.29, 1.82) is 0 Å². The lowest BCUT2D eigenvalue weighted by Crippen LogP contribution is -1.92. The van der Waals surface area contributed by atoms with Crippen molar-refractivity contribution in [2.24, 2.45) is 0 Å². The number of para-hydroxylation sites is 2. The van der Waals surface area contributed by atoms with E-state index in [0.717, 1.165) is 0 Å². The summed E-state index contributed by atoms with van der Waals surface area (Å²) in [4.78, 5) is 0. The number of benzene rings is 3. The Kier molecular flexibility index (Phi) is 3.05. The molecule has 0 atom stereocenters. The van der Waals surface area contributed by atoms with Crippen LogP contribution < -0.4 is 0 Å². The molecule has 0 fully saturated rings. The van der Waals surface area contributed by atoms with Crippen molar-refractivity contribution in [2.45, 2.75) is 6.92 Å². The third kappa shape index (κ3) is 1.94. The van der Waals surface area contributed by atoms with E-state index >= 15 is 0 Å². The first kappa shape index (κ1) is 12.9. The number of nitrogens with zero attached hydrogens (tertiary/aromatic N) is 1. The number of hydrogen-bond donors (Lipinski definition) is 0. The van der Waals surface area contributed by atoms with Crippen LogP contribution in [0.1, 0.15) is 12.5 Å². The van der Waals surface area contributed by atoms with Gasteiger partial charge in [-0.15, -0.1) is 0 Å². The summed E-state index contributed by atoms with van der Waals surface area (Å²) in [6.07, 6.45) is 4.23. The Morgan fingerprint density at radius 2 is 1.45 bits per heavy atom. The minimum absolute atomic E-state index is 1.20. The fourth-order valence-electron chi connectivity index (χ4n) is 3.14. The first-order chi connectivity index (χ1) is 10.9. The minimum atomic E-state index is 1.20. The van der Waals surface area contributed by atoms with Crippen LogP contribution in [0.15, 0.2) is 78.9 Å². The molecule has 1 heterocycles. The van der Waals surface area contributed by atoms with Crippen molar-refractivity contribution < 1.29 is 0 Å². The Morgan fingerprint density at radius 1 is 0.727 bits per heavy atom. The van der Waals surface area contributed by atoms with E-state index in [0.29, 0.717) is 0 Å². The van der Waals surface area contributed by atoms with Crippen molar-refractivity contribution in [1.82, 2.24) is 4.57 Å². The van der Waals surface area contributed by atoms with Gasteiger partial charge in [0, 0.05) is 16.5 Å². The molecule has 4 aromatic rings. The van der Waals surface area contributed by atoms with Crippen molar-refractivity contribution >= 4 is 27.9 Å². The molecule has 0 N–H and O–H groups in total. The second kappa shape index (κ2) is 5.19. The Hall–Kier alpha value is -2.80. The molecule has 1 nitrogen and oxygen atoms in total. The third-order valence-electron chi connectivity index (χ3n) is 4.07. The van der Waals surface area contributed by atoms with Gasteiger partial charge < -0.3 is 4.57 Å². The molecule has 4 rings (SSSR count). The molecular formula is C21H17N. The van der Waals surface area contributed by atoms with E-state index in [1.807, 2.05) is 0 Å². The number of allylic oxidation sites excluding steroid dienone is 1. The largest absolute Gasteiger partial charge is 0.309 e. The van der Waals surface area contributed by atoms with Gasteiger partial charge in [0.15, 0.2) is 0 Å². The first-order valence-corrected chi connectivity index (χ1v) is 7.60. The summed E-state index contributed by atoms with van der Waals surface area (Å²) >= 11 is 0. The molecule has 0 saturated heterocycles. The molecular weight excluding hydrogens is 266 g/mol. The summed E-state index contributed by atoms with van der Waals surface area (Å²) in [7, 11) is 0. The van der Waals surface area contributed by atoms with Crippen molar-refractivity contribution in [3.63, 3.8) is 0 Å². The van der Waals surface area contributed by atoms with E-state index in [1.54, 1.807) is 0 Å². The Bertz CT molecular complexity index is 975.